The van der Waals surface area contributed by atoms with Crippen LogP contribution >= 0.6 is 0 Å². The third-order valence-corrected chi connectivity index (χ3v) is 9.53. The van der Waals surface area contributed by atoms with E-state index in [1.54, 1.807) is 0 Å². The molecule has 0 bridgehead atoms. The Kier molecular flexibility index (Phi) is 30.9. The molecule has 4 atom stereocenters. The average molecular weight is 693 g/mol. The van der Waals surface area contributed by atoms with Gasteiger partial charge in [-0.3, -0.25) is 9.59 Å². The lowest BCUT2D eigenvalue weighted by Gasteiger charge is -2.25. The quantitative estimate of drug-likeness (QED) is 0.0393. The summed E-state index contributed by atoms with van der Waals surface area (Å²) in [7, 11) is 0. The van der Waals surface area contributed by atoms with Gasteiger partial charge >= 0.3 is 11.9 Å². The molecule has 49 heavy (non-hydrogen) atoms. The predicted molar refractivity (Wildman–Crippen MR) is 201 cm³/mol. The Bertz CT molecular complexity index is 826. The zero-order valence-corrected chi connectivity index (χ0v) is 31.8. The van der Waals surface area contributed by atoms with E-state index in [1.165, 1.54) is 103 Å². The SMILES string of the molecule is CCCCCCCC/C=C\CCCCCCCC(=O)OC[C@@H](OC(=O)CCCCCCC/C=C\CCCCCCCC)[C@H]1OC[C@H](O)[C@H]1O. The fourth-order valence-corrected chi connectivity index (χ4v) is 6.30. The van der Waals surface area contributed by atoms with E-state index in [4.69, 9.17) is 14.2 Å². The van der Waals surface area contributed by atoms with E-state index in [1.807, 2.05) is 0 Å². The Morgan fingerprint density at radius 3 is 1.39 bits per heavy atom. The summed E-state index contributed by atoms with van der Waals surface area (Å²) in [5, 5.41) is 20.3. The first kappa shape index (κ1) is 45.3. The third kappa shape index (κ3) is 26.7. The van der Waals surface area contributed by atoms with Crippen molar-refractivity contribution in [2.24, 2.45) is 0 Å². The molecule has 1 aliphatic heterocycles. The van der Waals surface area contributed by atoms with Crippen LogP contribution in [0.15, 0.2) is 24.3 Å². The lowest BCUT2D eigenvalue weighted by atomic mass is 10.1. The normalized spacial score (nSPS) is 18.5. The first-order chi connectivity index (χ1) is 24.0. The van der Waals surface area contributed by atoms with Gasteiger partial charge in [-0.15, -0.1) is 0 Å². The van der Waals surface area contributed by atoms with E-state index in [9.17, 15) is 19.8 Å². The summed E-state index contributed by atoms with van der Waals surface area (Å²) in [6.07, 6.45) is 36.7. The van der Waals surface area contributed by atoms with E-state index in [0.717, 1.165) is 64.2 Å². The van der Waals surface area contributed by atoms with Gasteiger partial charge in [-0.1, -0.05) is 141 Å². The molecule has 0 saturated carbocycles. The Labute approximate surface area is 301 Å². The lowest BCUT2D eigenvalue weighted by Crippen LogP contribution is -2.44. The number of hydrogen-bond donors (Lipinski definition) is 2. The van der Waals surface area contributed by atoms with Crippen LogP contribution in [0.25, 0.3) is 0 Å². The van der Waals surface area contributed by atoms with Crippen LogP contribution in [0.3, 0.4) is 0 Å². The molecular formula is C42H76O7. The molecule has 1 saturated heterocycles. The molecule has 7 heteroatoms. The monoisotopic (exact) mass is 693 g/mol. The van der Waals surface area contributed by atoms with Crippen molar-refractivity contribution in [1.29, 1.82) is 0 Å². The summed E-state index contributed by atoms with van der Waals surface area (Å²) in [6, 6.07) is 0. The molecule has 286 valence electrons. The Morgan fingerprint density at radius 2 is 0.980 bits per heavy atom. The third-order valence-electron chi connectivity index (χ3n) is 9.53. The Hall–Kier alpha value is -1.70. The van der Waals surface area contributed by atoms with Gasteiger partial charge in [-0.05, 0) is 64.2 Å². The molecule has 1 fully saturated rings. The first-order valence-electron chi connectivity index (χ1n) is 20.6. The van der Waals surface area contributed by atoms with Crippen molar-refractivity contribution >= 4 is 11.9 Å². The minimum atomic E-state index is -1.19. The highest BCUT2D eigenvalue weighted by Crippen LogP contribution is 2.21. The van der Waals surface area contributed by atoms with Gasteiger partial charge in [0, 0.05) is 12.8 Å². The first-order valence-corrected chi connectivity index (χ1v) is 20.6. The molecule has 0 spiro atoms. The van der Waals surface area contributed by atoms with Crippen molar-refractivity contribution in [2.75, 3.05) is 13.2 Å². The predicted octanol–water partition coefficient (Wildman–Crippen LogP) is 10.6. The number of unbranched alkanes of at least 4 members (excludes halogenated alkanes) is 22. The summed E-state index contributed by atoms with van der Waals surface area (Å²) in [4.78, 5) is 25.1. The van der Waals surface area contributed by atoms with E-state index >= 15 is 0 Å². The summed E-state index contributed by atoms with van der Waals surface area (Å²) >= 11 is 0. The lowest BCUT2D eigenvalue weighted by molar-refractivity contribution is -0.170. The second-order valence-corrected chi connectivity index (χ2v) is 14.2. The maximum absolute atomic E-state index is 12.6. The molecule has 1 heterocycles. The number of carbonyl (C=O) groups excluding carboxylic acids is 2. The maximum atomic E-state index is 12.6. The van der Waals surface area contributed by atoms with E-state index in [-0.39, 0.29) is 25.6 Å². The smallest absolute Gasteiger partial charge is 0.306 e. The molecule has 0 aromatic heterocycles. The standard InChI is InChI=1S/C42H76O7/c1-3-5-7-9-11-13-15-17-19-21-23-25-27-29-31-33-39(44)47-36-38(42-41(46)37(43)35-48-42)49-40(45)34-32-30-28-26-24-22-20-18-16-14-12-10-8-6-4-2/h17-20,37-38,41-43,46H,3-16,21-36H2,1-2H3/b19-17-,20-18-/t37-,38+,41+,42+/m0/s1. The van der Waals surface area contributed by atoms with E-state index < -0.39 is 30.4 Å². The van der Waals surface area contributed by atoms with Gasteiger partial charge < -0.3 is 24.4 Å². The molecule has 1 aliphatic rings. The fraction of sp³-hybridized carbons (Fsp3) is 0.857. The minimum absolute atomic E-state index is 0.0447. The number of hydrogen-bond acceptors (Lipinski definition) is 7. The van der Waals surface area contributed by atoms with Crippen molar-refractivity contribution in [3.8, 4) is 0 Å². The molecule has 2 N–H and O–H groups in total. The van der Waals surface area contributed by atoms with Gasteiger partial charge in [0.15, 0.2) is 6.10 Å². The van der Waals surface area contributed by atoms with E-state index in [0.29, 0.717) is 6.42 Å². The highest BCUT2D eigenvalue weighted by Gasteiger charge is 2.42. The van der Waals surface area contributed by atoms with Crippen LogP contribution in [0.4, 0.5) is 0 Å². The summed E-state index contributed by atoms with van der Waals surface area (Å²) in [5.41, 5.74) is 0. The van der Waals surface area contributed by atoms with Crippen molar-refractivity contribution in [3.05, 3.63) is 24.3 Å². The molecule has 0 aromatic rings. The fourth-order valence-electron chi connectivity index (χ4n) is 6.30. The maximum Gasteiger partial charge on any atom is 0.306 e. The van der Waals surface area contributed by atoms with Gasteiger partial charge in [0.05, 0.1) is 6.61 Å². The second kappa shape index (κ2) is 33.4. The number of esters is 2. The van der Waals surface area contributed by atoms with Crippen molar-refractivity contribution in [1.82, 2.24) is 0 Å². The highest BCUT2D eigenvalue weighted by molar-refractivity contribution is 5.70. The summed E-state index contributed by atoms with van der Waals surface area (Å²) < 4.78 is 16.6. The summed E-state index contributed by atoms with van der Waals surface area (Å²) in [5.74, 6) is -0.739. The number of aliphatic hydroxyl groups is 2. The molecule has 0 unspecified atom stereocenters. The van der Waals surface area contributed by atoms with Crippen LogP contribution in [-0.2, 0) is 23.8 Å². The van der Waals surface area contributed by atoms with Gasteiger partial charge in [0.2, 0.25) is 0 Å². The number of carbonyl (C=O) groups is 2. The van der Waals surface area contributed by atoms with Crippen LogP contribution < -0.4 is 0 Å². The Balaban J connectivity index is 2.15. The number of ether oxygens (including phenoxy) is 3. The topological polar surface area (TPSA) is 102 Å². The molecular weight excluding hydrogens is 616 g/mol. The number of aliphatic hydroxyl groups excluding tert-OH is 2. The largest absolute Gasteiger partial charge is 0.462 e. The van der Waals surface area contributed by atoms with Crippen LogP contribution in [0.2, 0.25) is 0 Å². The van der Waals surface area contributed by atoms with Crippen LogP contribution in [0.5, 0.6) is 0 Å². The molecule has 7 nitrogen and oxygen atoms in total. The molecule has 1 rings (SSSR count). The molecule has 0 radical (unpaired) electrons. The van der Waals surface area contributed by atoms with Gasteiger partial charge in [0.1, 0.15) is 24.9 Å². The van der Waals surface area contributed by atoms with Crippen molar-refractivity contribution in [3.63, 3.8) is 0 Å². The van der Waals surface area contributed by atoms with Crippen LogP contribution in [0, 0.1) is 0 Å². The van der Waals surface area contributed by atoms with E-state index in [2.05, 4.69) is 38.2 Å². The van der Waals surface area contributed by atoms with Gasteiger partial charge in [0.25, 0.3) is 0 Å². The minimum Gasteiger partial charge on any atom is -0.462 e. The van der Waals surface area contributed by atoms with Gasteiger partial charge in [-0.25, -0.2) is 0 Å². The molecule has 0 aromatic carbocycles. The summed E-state index contributed by atoms with van der Waals surface area (Å²) in [6.45, 7) is 4.28. The van der Waals surface area contributed by atoms with Crippen molar-refractivity contribution in [2.45, 2.75) is 218 Å². The number of allylic oxidation sites excluding steroid dienone is 4. The van der Waals surface area contributed by atoms with Crippen molar-refractivity contribution < 1.29 is 34.0 Å². The average Bonchev–Trinajstić information content (AvgIpc) is 3.43. The zero-order valence-electron chi connectivity index (χ0n) is 31.8. The Morgan fingerprint density at radius 1 is 0.592 bits per heavy atom. The molecule has 0 amide bonds. The molecule has 0 aliphatic carbocycles. The van der Waals surface area contributed by atoms with Gasteiger partial charge in [-0.2, -0.15) is 0 Å². The second-order valence-electron chi connectivity index (χ2n) is 14.2. The van der Waals surface area contributed by atoms with Crippen LogP contribution in [-0.4, -0.2) is 59.8 Å². The zero-order chi connectivity index (χ0) is 35.6. The number of rotatable bonds is 34. The van der Waals surface area contributed by atoms with Crippen LogP contribution in [0.1, 0.15) is 194 Å². The highest BCUT2D eigenvalue weighted by atomic mass is 16.6.